The van der Waals surface area contributed by atoms with E-state index in [1.54, 1.807) is 32.4 Å². The quantitative estimate of drug-likeness (QED) is 0.484. The number of nitrogens with one attached hydrogen (secondary N) is 1. The number of aromatic nitrogens is 1. The summed E-state index contributed by atoms with van der Waals surface area (Å²) >= 11 is 0. The van der Waals surface area contributed by atoms with Crippen molar-refractivity contribution in [1.29, 1.82) is 0 Å². The van der Waals surface area contributed by atoms with E-state index in [0.717, 1.165) is 27.7 Å². The van der Waals surface area contributed by atoms with E-state index in [4.69, 9.17) is 14.5 Å². The van der Waals surface area contributed by atoms with E-state index < -0.39 is 0 Å². The number of hydrogen-bond acceptors (Lipinski definition) is 4. The first kappa shape index (κ1) is 19.5. The molecule has 3 aromatic carbocycles. The third-order valence-electron chi connectivity index (χ3n) is 5.06. The van der Waals surface area contributed by atoms with Crippen LogP contribution in [0.15, 0.2) is 72.8 Å². The fourth-order valence-corrected chi connectivity index (χ4v) is 3.57. The molecular weight excluding hydrogens is 376 g/mol. The number of pyridine rings is 1. The number of hydrogen-bond donors (Lipinski definition) is 1. The number of amides is 1. The highest BCUT2D eigenvalue weighted by atomic mass is 16.5. The average molecular weight is 398 g/mol. The molecule has 0 aliphatic rings. The zero-order valence-corrected chi connectivity index (χ0v) is 17.1. The van der Waals surface area contributed by atoms with Crippen molar-refractivity contribution in [3.05, 3.63) is 83.9 Å². The summed E-state index contributed by atoms with van der Waals surface area (Å²) in [5.74, 6) is 0.964. The van der Waals surface area contributed by atoms with Crippen molar-refractivity contribution in [3.8, 4) is 22.8 Å². The van der Waals surface area contributed by atoms with Crippen molar-refractivity contribution in [2.24, 2.45) is 0 Å². The van der Waals surface area contributed by atoms with E-state index >= 15 is 0 Å². The highest BCUT2D eigenvalue weighted by Crippen LogP contribution is 2.33. The average Bonchev–Trinajstić information content (AvgIpc) is 2.79. The second-order valence-electron chi connectivity index (χ2n) is 6.86. The van der Waals surface area contributed by atoms with Crippen LogP contribution in [0.5, 0.6) is 11.5 Å². The van der Waals surface area contributed by atoms with Gasteiger partial charge in [0.05, 0.1) is 36.7 Å². The molecule has 1 aromatic heterocycles. The van der Waals surface area contributed by atoms with Gasteiger partial charge in [-0.25, -0.2) is 4.98 Å². The Balaban J connectivity index is 1.86. The number of methoxy groups -OCH3 is 2. The summed E-state index contributed by atoms with van der Waals surface area (Å²) in [7, 11) is 3.15. The fourth-order valence-electron chi connectivity index (χ4n) is 3.57. The number of carbonyl (C=O) groups is 1. The van der Waals surface area contributed by atoms with Crippen LogP contribution in [0.1, 0.15) is 15.9 Å². The van der Waals surface area contributed by atoms with Gasteiger partial charge in [0.25, 0.3) is 5.91 Å². The highest BCUT2D eigenvalue weighted by molar-refractivity contribution is 6.14. The number of carbonyl (C=O) groups excluding carboxylic acids is 1. The highest BCUT2D eigenvalue weighted by Gasteiger charge is 2.20. The third kappa shape index (κ3) is 3.57. The molecule has 0 unspecified atom stereocenters. The summed E-state index contributed by atoms with van der Waals surface area (Å²) in [6.07, 6.45) is 0. The summed E-state index contributed by atoms with van der Waals surface area (Å²) in [6.45, 7) is 1.93. The second kappa shape index (κ2) is 8.25. The number of fused-ring (bicyclic) bond motifs is 1. The first-order chi connectivity index (χ1) is 14.6. The predicted molar refractivity (Wildman–Crippen MR) is 119 cm³/mol. The molecule has 30 heavy (non-hydrogen) atoms. The Labute approximate surface area is 175 Å². The molecule has 0 aliphatic carbocycles. The van der Waals surface area contributed by atoms with Gasteiger partial charge >= 0.3 is 0 Å². The number of benzene rings is 3. The number of nitrogens with zero attached hydrogens (tertiary/aromatic N) is 1. The summed E-state index contributed by atoms with van der Waals surface area (Å²) in [4.78, 5) is 18.3. The first-order valence-corrected chi connectivity index (χ1v) is 9.60. The predicted octanol–water partition coefficient (Wildman–Crippen LogP) is 5.48. The Morgan fingerprint density at radius 3 is 2.37 bits per heavy atom. The minimum atomic E-state index is -0.227. The van der Waals surface area contributed by atoms with Crippen LogP contribution in [-0.4, -0.2) is 25.1 Å². The van der Waals surface area contributed by atoms with Crippen molar-refractivity contribution in [2.45, 2.75) is 6.92 Å². The molecule has 0 atom stereocenters. The van der Waals surface area contributed by atoms with Gasteiger partial charge in [-0.05, 0) is 30.7 Å². The van der Waals surface area contributed by atoms with Crippen molar-refractivity contribution >= 4 is 22.5 Å². The minimum absolute atomic E-state index is 0.227. The lowest BCUT2D eigenvalue weighted by molar-refractivity contribution is 0.102. The Morgan fingerprint density at radius 1 is 0.900 bits per heavy atom. The Kier molecular flexibility index (Phi) is 5.35. The van der Waals surface area contributed by atoms with E-state index in [0.29, 0.717) is 22.7 Å². The van der Waals surface area contributed by atoms with Gasteiger partial charge in [-0.15, -0.1) is 0 Å². The fraction of sp³-hybridized carbons (Fsp3) is 0.120. The molecule has 0 bridgehead atoms. The Hall–Kier alpha value is -3.86. The first-order valence-electron chi connectivity index (χ1n) is 9.60. The Bertz CT molecular complexity index is 1220. The molecule has 4 rings (SSSR count). The molecule has 0 spiro atoms. The van der Waals surface area contributed by atoms with Crippen LogP contribution >= 0.6 is 0 Å². The Morgan fingerprint density at radius 2 is 1.63 bits per heavy atom. The van der Waals surface area contributed by atoms with Crippen molar-refractivity contribution in [1.82, 2.24) is 4.98 Å². The smallest absolute Gasteiger partial charge is 0.256 e. The zero-order valence-electron chi connectivity index (χ0n) is 17.1. The van der Waals surface area contributed by atoms with Crippen molar-refractivity contribution < 1.29 is 14.3 Å². The van der Waals surface area contributed by atoms with Crippen LogP contribution in [0.25, 0.3) is 22.2 Å². The van der Waals surface area contributed by atoms with E-state index in [9.17, 15) is 4.79 Å². The maximum atomic E-state index is 13.5. The molecule has 0 radical (unpaired) electrons. The number of ether oxygens (including phenoxy) is 2. The molecular formula is C25H22N2O3. The van der Waals surface area contributed by atoms with Crippen LogP contribution in [-0.2, 0) is 0 Å². The lowest BCUT2D eigenvalue weighted by Crippen LogP contribution is -2.16. The van der Waals surface area contributed by atoms with Crippen molar-refractivity contribution in [3.63, 3.8) is 0 Å². The van der Waals surface area contributed by atoms with Gasteiger partial charge < -0.3 is 14.8 Å². The molecule has 1 N–H and O–H groups in total. The molecule has 1 amide bonds. The van der Waals surface area contributed by atoms with Gasteiger partial charge in [0.15, 0.2) is 0 Å². The lowest BCUT2D eigenvalue weighted by atomic mass is 9.97. The van der Waals surface area contributed by atoms with Gasteiger partial charge in [-0.1, -0.05) is 48.5 Å². The largest absolute Gasteiger partial charge is 0.497 e. The molecule has 4 aromatic rings. The normalized spacial score (nSPS) is 10.6. The molecule has 0 saturated heterocycles. The molecule has 5 nitrogen and oxygen atoms in total. The van der Waals surface area contributed by atoms with Gasteiger partial charge in [0, 0.05) is 17.0 Å². The second-order valence-corrected chi connectivity index (χ2v) is 6.86. The van der Waals surface area contributed by atoms with Crippen LogP contribution in [0.4, 0.5) is 5.69 Å². The summed E-state index contributed by atoms with van der Waals surface area (Å²) < 4.78 is 10.7. The topological polar surface area (TPSA) is 60.5 Å². The molecule has 0 aliphatic heterocycles. The lowest BCUT2D eigenvalue weighted by Gasteiger charge is -2.16. The maximum absolute atomic E-state index is 13.5. The maximum Gasteiger partial charge on any atom is 0.256 e. The monoisotopic (exact) mass is 398 g/mol. The molecule has 5 heteroatoms. The van der Waals surface area contributed by atoms with E-state index in [-0.39, 0.29) is 5.91 Å². The van der Waals surface area contributed by atoms with Crippen LogP contribution in [0.3, 0.4) is 0 Å². The summed E-state index contributed by atoms with van der Waals surface area (Å²) in [5, 5.41) is 3.79. The molecule has 1 heterocycles. The van der Waals surface area contributed by atoms with Gasteiger partial charge in [-0.3, -0.25) is 4.79 Å². The van der Waals surface area contributed by atoms with Gasteiger partial charge in [0.2, 0.25) is 0 Å². The zero-order chi connectivity index (χ0) is 21.1. The van der Waals surface area contributed by atoms with Crippen LogP contribution in [0.2, 0.25) is 0 Å². The van der Waals surface area contributed by atoms with Crippen molar-refractivity contribution in [2.75, 3.05) is 19.5 Å². The van der Waals surface area contributed by atoms with Gasteiger partial charge in [-0.2, -0.15) is 0 Å². The van der Waals surface area contributed by atoms with Gasteiger partial charge in [0.1, 0.15) is 11.5 Å². The number of para-hydroxylation sites is 1. The molecule has 0 saturated carbocycles. The van der Waals surface area contributed by atoms with E-state index in [1.807, 2.05) is 61.5 Å². The summed E-state index contributed by atoms with van der Waals surface area (Å²) in [6, 6.07) is 22.9. The molecule has 150 valence electrons. The number of rotatable bonds is 5. The van der Waals surface area contributed by atoms with Crippen LogP contribution < -0.4 is 14.8 Å². The summed E-state index contributed by atoms with van der Waals surface area (Å²) in [5.41, 5.74) is 4.47. The molecule has 0 fully saturated rings. The standard InChI is InChI=1S/C25H22N2O3/c1-16-23(25(28)27-21-15-18(29-2)13-14-22(21)30-3)19-11-7-8-12-20(19)26-24(16)17-9-5-4-6-10-17/h4-15H,1-3H3,(H,27,28). The van der Waals surface area contributed by atoms with E-state index in [1.165, 1.54) is 0 Å². The van der Waals surface area contributed by atoms with Crippen LogP contribution in [0, 0.1) is 6.92 Å². The SMILES string of the molecule is COc1ccc(OC)c(NC(=O)c2c(C)c(-c3ccccc3)nc3ccccc23)c1. The minimum Gasteiger partial charge on any atom is -0.497 e. The third-order valence-corrected chi connectivity index (χ3v) is 5.06. The number of anilines is 1. The van der Waals surface area contributed by atoms with E-state index in [2.05, 4.69) is 5.32 Å².